The minimum Gasteiger partial charge on any atom is -0.456 e. The molecular formula is C22H17N5O2S. The SMILES string of the molecule is Cc1cc(Oc2cccnc2)ccc1NC(=O)CSc1nc2ccc(C#N)cc2[nH]1. The molecule has 2 heterocycles. The van der Waals surface area contributed by atoms with Gasteiger partial charge < -0.3 is 15.0 Å². The molecule has 0 aliphatic heterocycles. The largest absolute Gasteiger partial charge is 0.456 e. The number of rotatable bonds is 6. The van der Waals surface area contributed by atoms with Crippen molar-refractivity contribution in [1.29, 1.82) is 5.26 Å². The number of amides is 1. The fraction of sp³-hybridized carbons (Fsp3) is 0.0909. The van der Waals surface area contributed by atoms with Crippen LogP contribution >= 0.6 is 11.8 Å². The van der Waals surface area contributed by atoms with Crippen molar-refractivity contribution in [3.8, 4) is 17.6 Å². The molecule has 1 amide bonds. The molecule has 0 atom stereocenters. The number of imidazole rings is 1. The average molecular weight is 415 g/mol. The number of hydrogen-bond donors (Lipinski definition) is 2. The van der Waals surface area contributed by atoms with Gasteiger partial charge in [0.1, 0.15) is 11.5 Å². The second kappa shape index (κ2) is 8.68. The van der Waals surface area contributed by atoms with E-state index in [0.717, 1.165) is 22.3 Å². The van der Waals surface area contributed by atoms with E-state index < -0.39 is 0 Å². The molecule has 2 aromatic heterocycles. The van der Waals surface area contributed by atoms with Crippen molar-refractivity contribution < 1.29 is 9.53 Å². The zero-order valence-corrected chi connectivity index (χ0v) is 16.9. The standard InChI is InChI=1S/C22H17N5O2S/c1-14-9-16(29-17-3-2-8-24-12-17)5-7-18(14)25-21(28)13-30-22-26-19-6-4-15(11-23)10-20(19)27-22/h2-10,12H,13H2,1H3,(H,25,28)(H,26,27). The van der Waals surface area contributed by atoms with Gasteiger partial charge in [-0.2, -0.15) is 5.26 Å². The third kappa shape index (κ3) is 4.59. The Hall–Kier alpha value is -3.83. The number of fused-ring (bicyclic) bond motifs is 1. The summed E-state index contributed by atoms with van der Waals surface area (Å²) in [6.45, 7) is 1.91. The number of aromatic amines is 1. The van der Waals surface area contributed by atoms with Gasteiger partial charge in [0.05, 0.1) is 34.6 Å². The lowest BCUT2D eigenvalue weighted by Crippen LogP contribution is -2.14. The van der Waals surface area contributed by atoms with Crippen LogP contribution < -0.4 is 10.1 Å². The number of ether oxygens (including phenoxy) is 1. The predicted molar refractivity (Wildman–Crippen MR) is 116 cm³/mol. The number of pyridine rings is 1. The van der Waals surface area contributed by atoms with Gasteiger partial charge in [0.15, 0.2) is 5.16 Å². The van der Waals surface area contributed by atoms with E-state index in [1.807, 2.05) is 25.1 Å². The molecular weight excluding hydrogens is 398 g/mol. The lowest BCUT2D eigenvalue weighted by atomic mass is 10.2. The van der Waals surface area contributed by atoms with Crippen LogP contribution in [0.25, 0.3) is 11.0 Å². The van der Waals surface area contributed by atoms with Gasteiger partial charge in [-0.15, -0.1) is 0 Å². The number of aryl methyl sites for hydroxylation is 1. The monoisotopic (exact) mass is 415 g/mol. The van der Waals surface area contributed by atoms with E-state index in [0.29, 0.717) is 22.2 Å². The van der Waals surface area contributed by atoms with Gasteiger partial charge in [-0.1, -0.05) is 11.8 Å². The van der Waals surface area contributed by atoms with Gasteiger partial charge in [-0.3, -0.25) is 9.78 Å². The molecule has 0 fully saturated rings. The van der Waals surface area contributed by atoms with Crippen LogP contribution in [0, 0.1) is 18.3 Å². The summed E-state index contributed by atoms with van der Waals surface area (Å²) in [6, 6.07) is 16.4. The summed E-state index contributed by atoms with van der Waals surface area (Å²) in [7, 11) is 0. The van der Waals surface area contributed by atoms with Crippen LogP contribution in [0.2, 0.25) is 0 Å². The Bertz CT molecular complexity index is 1250. The first-order valence-electron chi connectivity index (χ1n) is 9.12. The van der Waals surface area contributed by atoms with Crippen molar-refractivity contribution >= 4 is 34.4 Å². The maximum Gasteiger partial charge on any atom is 0.234 e. The molecule has 7 nitrogen and oxygen atoms in total. The van der Waals surface area contributed by atoms with Gasteiger partial charge in [0, 0.05) is 11.9 Å². The number of thioether (sulfide) groups is 1. The minimum absolute atomic E-state index is 0.137. The normalized spacial score (nSPS) is 10.5. The molecule has 0 saturated heterocycles. The summed E-state index contributed by atoms with van der Waals surface area (Å²) in [5.41, 5.74) is 3.71. The number of nitriles is 1. The predicted octanol–water partition coefficient (Wildman–Crippen LogP) is 4.66. The fourth-order valence-electron chi connectivity index (χ4n) is 2.83. The van der Waals surface area contributed by atoms with E-state index in [4.69, 9.17) is 10.00 Å². The topological polar surface area (TPSA) is 104 Å². The van der Waals surface area contributed by atoms with Crippen molar-refractivity contribution in [2.45, 2.75) is 12.1 Å². The highest BCUT2D eigenvalue weighted by atomic mass is 32.2. The Morgan fingerprint density at radius 1 is 1.23 bits per heavy atom. The summed E-state index contributed by atoms with van der Waals surface area (Å²) in [5.74, 6) is 1.39. The summed E-state index contributed by atoms with van der Waals surface area (Å²) < 4.78 is 5.76. The Labute approximate surface area is 177 Å². The van der Waals surface area contributed by atoms with Crippen molar-refractivity contribution in [3.05, 3.63) is 72.1 Å². The highest BCUT2D eigenvalue weighted by Gasteiger charge is 2.10. The van der Waals surface area contributed by atoms with E-state index in [1.165, 1.54) is 11.8 Å². The number of benzene rings is 2. The van der Waals surface area contributed by atoms with Crippen LogP contribution in [0.4, 0.5) is 5.69 Å². The molecule has 0 bridgehead atoms. The summed E-state index contributed by atoms with van der Waals surface area (Å²) in [4.78, 5) is 24.0. The number of nitrogens with one attached hydrogen (secondary N) is 2. The summed E-state index contributed by atoms with van der Waals surface area (Å²) >= 11 is 1.30. The fourth-order valence-corrected chi connectivity index (χ4v) is 3.51. The van der Waals surface area contributed by atoms with Crippen molar-refractivity contribution in [1.82, 2.24) is 15.0 Å². The van der Waals surface area contributed by atoms with E-state index in [-0.39, 0.29) is 11.7 Å². The number of nitrogens with zero attached hydrogens (tertiary/aromatic N) is 3. The van der Waals surface area contributed by atoms with E-state index in [1.54, 1.807) is 42.7 Å². The molecule has 0 radical (unpaired) electrons. The van der Waals surface area contributed by atoms with Crippen LogP contribution in [0.15, 0.2) is 66.1 Å². The Kier molecular flexibility index (Phi) is 5.63. The molecule has 2 aromatic carbocycles. The molecule has 2 N–H and O–H groups in total. The molecule has 30 heavy (non-hydrogen) atoms. The van der Waals surface area contributed by atoms with E-state index in [9.17, 15) is 4.79 Å². The smallest absolute Gasteiger partial charge is 0.234 e. The van der Waals surface area contributed by atoms with Crippen LogP contribution in [0.1, 0.15) is 11.1 Å². The Morgan fingerprint density at radius 2 is 2.13 bits per heavy atom. The molecule has 8 heteroatoms. The van der Waals surface area contributed by atoms with Crippen molar-refractivity contribution in [2.24, 2.45) is 0 Å². The molecule has 148 valence electrons. The van der Waals surface area contributed by atoms with Crippen LogP contribution in [0.5, 0.6) is 11.5 Å². The van der Waals surface area contributed by atoms with Crippen molar-refractivity contribution in [3.63, 3.8) is 0 Å². The zero-order valence-electron chi connectivity index (χ0n) is 16.0. The van der Waals surface area contributed by atoms with E-state index >= 15 is 0 Å². The lowest BCUT2D eigenvalue weighted by molar-refractivity contribution is -0.113. The molecule has 0 spiro atoms. The van der Waals surface area contributed by atoms with E-state index in [2.05, 4.69) is 26.3 Å². The molecule has 0 saturated carbocycles. The molecule has 4 rings (SSSR count). The minimum atomic E-state index is -0.137. The zero-order chi connectivity index (χ0) is 20.9. The highest BCUT2D eigenvalue weighted by molar-refractivity contribution is 7.99. The van der Waals surface area contributed by atoms with Crippen molar-refractivity contribution in [2.75, 3.05) is 11.1 Å². The maximum atomic E-state index is 12.4. The average Bonchev–Trinajstić information content (AvgIpc) is 3.17. The molecule has 0 unspecified atom stereocenters. The van der Waals surface area contributed by atoms with Gasteiger partial charge in [-0.05, 0) is 61.0 Å². The second-order valence-electron chi connectivity index (χ2n) is 6.49. The molecule has 4 aromatic rings. The van der Waals surface area contributed by atoms with Crippen LogP contribution in [-0.4, -0.2) is 26.6 Å². The first-order chi connectivity index (χ1) is 14.6. The lowest BCUT2D eigenvalue weighted by Gasteiger charge is -2.11. The first kappa shape index (κ1) is 19.5. The number of carbonyl (C=O) groups excluding carboxylic acids is 1. The Balaban J connectivity index is 1.36. The Morgan fingerprint density at radius 3 is 2.90 bits per heavy atom. The number of carbonyl (C=O) groups is 1. The van der Waals surface area contributed by atoms with Gasteiger partial charge >= 0.3 is 0 Å². The first-order valence-corrected chi connectivity index (χ1v) is 10.1. The number of hydrogen-bond acceptors (Lipinski definition) is 6. The quantitative estimate of drug-likeness (QED) is 0.444. The number of H-pyrrole nitrogens is 1. The second-order valence-corrected chi connectivity index (χ2v) is 7.45. The third-order valence-corrected chi connectivity index (χ3v) is 5.14. The number of aromatic nitrogens is 3. The van der Waals surface area contributed by atoms with Gasteiger partial charge in [0.2, 0.25) is 5.91 Å². The van der Waals surface area contributed by atoms with Gasteiger partial charge in [-0.25, -0.2) is 4.98 Å². The number of anilines is 1. The molecule has 0 aliphatic carbocycles. The maximum absolute atomic E-state index is 12.4. The molecule has 0 aliphatic rings. The highest BCUT2D eigenvalue weighted by Crippen LogP contribution is 2.26. The van der Waals surface area contributed by atoms with Gasteiger partial charge in [0.25, 0.3) is 0 Å². The summed E-state index contributed by atoms with van der Waals surface area (Å²) in [6.07, 6.45) is 3.32. The summed E-state index contributed by atoms with van der Waals surface area (Å²) in [5, 5.41) is 12.5. The van der Waals surface area contributed by atoms with Crippen LogP contribution in [0.3, 0.4) is 0 Å². The third-order valence-electron chi connectivity index (χ3n) is 4.27. The van der Waals surface area contributed by atoms with Crippen LogP contribution in [-0.2, 0) is 4.79 Å².